The molecule has 3 rings (SSSR count). The lowest BCUT2D eigenvalue weighted by Crippen LogP contribution is -2.43. The van der Waals surface area contributed by atoms with E-state index in [9.17, 15) is 9.90 Å². The number of nitrogens with one attached hydrogen (secondary N) is 1. The van der Waals surface area contributed by atoms with Gasteiger partial charge in [0.2, 0.25) is 0 Å². The van der Waals surface area contributed by atoms with Gasteiger partial charge in [-0.15, -0.1) is 11.8 Å². The summed E-state index contributed by atoms with van der Waals surface area (Å²) in [5, 5.41) is 12.5. The number of carbonyl (C=O) groups excluding carboxylic acids is 1. The largest absolute Gasteiger partial charge is 0.479 e. The van der Waals surface area contributed by atoms with Crippen molar-refractivity contribution >= 4 is 17.7 Å². The molecular formula is C19H21NO3S. The molecule has 0 unspecified atom stereocenters. The van der Waals surface area contributed by atoms with Crippen molar-refractivity contribution in [1.29, 1.82) is 0 Å². The zero-order valence-electron chi connectivity index (χ0n) is 13.4. The van der Waals surface area contributed by atoms with Crippen LogP contribution in [-0.4, -0.2) is 36.0 Å². The summed E-state index contributed by atoms with van der Waals surface area (Å²) in [6.07, 6.45) is 0.252. The van der Waals surface area contributed by atoms with Crippen LogP contribution >= 0.6 is 11.8 Å². The Kier molecular flexibility index (Phi) is 5.77. The number of aliphatic hydroxyl groups excluding tert-OH is 1. The molecular weight excluding hydrogens is 322 g/mol. The fourth-order valence-electron chi connectivity index (χ4n) is 2.66. The zero-order valence-corrected chi connectivity index (χ0v) is 14.2. The van der Waals surface area contributed by atoms with Gasteiger partial charge in [-0.05, 0) is 24.1 Å². The van der Waals surface area contributed by atoms with Crippen LogP contribution < -0.4 is 10.1 Å². The van der Waals surface area contributed by atoms with Gasteiger partial charge >= 0.3 is 0 Å². The summed E-state index contributed by atoms with van der Waals surface area (Å²) in [5.74, 6) is 1.24. The molecule has 5 heteroatoms. The van der Waals surface area contributed by atoms with Crippen molar-refractivity contribution in [2.24, 2.45) is 5.92 Å². The Morgan fingerprint density at radius 1 is 1.21 bits per heavy atom. The molecule has 1 aliphatic rings. The second kappa shape index (κ2) is 8.22. The summed E-state index contributed by atoms with van der Waals surface area (Å²) in [6.45, 7) is 0.481. The normalized spacial score (nSPS) is 17.5. The third-order valence-corrected chi connectivity index (χ3v) is 5.11. The number of benzene rings is 2. The van der Waals surface area contributed by atoms with Crippen LogP contribution in [0.15, 0.2) is 59.5 Å². The minimum absolute atomic E-state index is 0.000111. The number of ether oxygens (including phenoxy) is 1. The fourth-order valence-corrected chi connectivity index (χ4v) is 3.64. The number of thioether (sulfide) groups is 1. The van der Waals surface area contributed by atoms with E-state index in [0.29, 0.717) is 12.3 Å². The molecule has 2 aromatic carbocycles. The maximum absolute atomic E-state index is 12.3. The summed E-state index contributed by atoms with van der Waals surface area (Å²) in [6, 6.07) is 17.7. The van der Waals surface area contributed by atoms with Crippen LogP contribution in [0.2, 0.25) is 0 Å². The molecule has 2 atom stereocenters. The van der Waals surface area contributed by atoms with Crippen LogP contribution in [0.1, 0.15) is 5.56 Å². The summed E-state index contributed by atoms with van der Waals surface area (Å²) in [4.78, 5) is 13.4. The first-order valence-electron chi connectivity index (χ1n) is 8.07. The highest BCUT2D eigenvalue weighted by Crippen LogP contribution is 2.34. The van der Waals surface area contributed by atoms with E-state index in [4.69, 9.17) is 4.74 Å². The van der Waals surface area contributed by atoms with Crippen LogP contribution in [0.3, 0.4) is 0 Å². The zero-order chi connectivity index (χ0) is 16.8. The Hall–Kier alpha value is -1.98. The van der Waals surface area contributed by atoms with Crippen LogP contribution in [-0.2, 0) is 11.2 Å². The molecule has 0 bridgehead atoms. The average molecular weight is 343 g/mol. The van der Waals surface area contributed by atoms with Gasteiger partial charge in [0.15, 0.2) is 6.10 Å². The Morgan fingerprint density at radius 2 is 1.96 bits per heavy atom. The molecule has 1 amide bonds. The van der Waals surface area contributed by atoms with Gasteiger partial charge in [0.05, 0.1) is 0 Å². The van der Waals surface area contributed by atoms with E-state index in [1.807, 2.05) is 54.6 Å². The minimum Gasteiger partial charge on any atom is -0.479 e. The van der Waals surface area contributed by atoms with Crippen molar-refractivity contribution in [3.8, 4) is 5.75 Å². The molecule has 4 nitrogen and oxygen atoms in total. The monoisotopic (exact) mass is 343 g/mol. The van der Waals surface area contributed by atoms with E-state index in [2.05, 4.69) is 5.32 Å². The SMILES string of the molecule is O=C(NC[C@@H](CO)Cc1ccccc1)[C@H]1CSc2ccccc2O1. The van der Waals surface area contributed by atoms with Crippen LogP contribution in [0.25, 0.3) is 0 Å². The highest BCUT2D eigenvalue weighted by molar-refractivity contribution is 7.99. The summed E-state index contributed by atoms with van der Waals surface area (Å²) >= 11 is 1.63. The number of rotatable bonds is 6. The van der Waals surface area contributed by atoms with E-state index in [0.717, 1.165) is 22.6 Å². The lowest BCUT2D eigenvalue weighted by atomic mass is 10.00. The Balaban J connectivity index is 1.51. The molecule has 126 valence electrons. The summed E-state index contributed by atoms with van der Waals surface area (Å²) in [5.41, 5.74) is 1.16. The number of hydrogen-bond donors (Lipinski definition) is 2. The number of hydrogen-bond acceptors (Lipinski definition) is 4. The van der Waals surface area contributed by atoms with E-state index in [-0.39, 0.29) is 18.4 Å². The molecule has 1 aliphatic heterocycles. The van der Waals surface area contributed by atoms with E-state index >= 15 is 0 Å². The van der Waals surface area contributed by atoms with Crippen molar-refractivity contribution in [1.82, 2.24) is 5.32 Å². The number of amides is 1. The van der Waals surface area contributed by atoms with Crippen LogP contribution in [0.4, 0.5) is 0 Å². The van der Waals surface area contributed by atoms with Crippen LogP contribution in [0.5, 0.6) is 5.75 Å². The second-order valence-corrected chi connectivity index (χ2v) is 6.91. The maximum Gasteiger partial charge on any atom is 0.261 e. The molecule has 0 spiro atoms. The molecule has 0 aliphatic carbocycles. The van der Waals surface area contributed by atoms with Gasteiger partial charge in [-0.1, -0.05) is 42.5 Å². The molecule has 0 radical (unpaired) electrons. The molecule has 24 heavy (non-hydrogen) atoms. The molecule has 0 fully saturated rings. The van der Waals surface area contributed by atoms with Gasteiger partial charge < -0.3 is 15.2 Å². The Bertz CT molecular complexity index is 677. The lowest BCUT2D eigenvalue weighted by Gasteiger charge is -2.25. The Morgan fingerprint density at radius 3 is 2.75 bits per heavy atom. The van der Waals surface area contributed by atoms with Crippen LogP contribution in [0, 0.1) is 5.92 Å². The maximum atomic E-state index is 12.3. The van der Waals surface area contributed by atoms with Gasteiger partial charge in [-0.2, -0.15) is 0 Å². The first kappa shape index (κ1) is 16.9. The van der Waals surface area contributed by atoms with Gasteiger partial charge in [-0.3, -0.25) is 4.79 Å². The number of para-hydroxylation sites is 1. The van der Waals surface area contributed by atoms with Crippen molar-refractivity contribution < 1.29 is 14.6 Å². The first-order valence-corrected chi connectivity index (χ1v) is 9.06. The third kappa shape index (κ3) is 4.30. The van der Waals surface area contributed by atoms with E-state index in [1.165, 1.54) is 0 Å². The van der Waals surface area contributed by atoms with Crippen molar-refractivity contribution in [2.45, 2.75) is 17.4 Å². The molecule has 0 aromatic heterocycles. The van der Waals surface area contributed by atoms with Crippen molar-refractivity contribution in [2.75, 3.05) is 18.9 Å². The molecule has 2 aromatic rings. The summed E-state index contributed by atoms with van der Waals surface area (Å²) in [7, 11) is 0. The standard InChI is InChI=1S/C19H21NO3S/c21-12-15(10-14-6-2-1-3-7-14)11-20-19(22)17-13-24-18-9-5-4-8-16(18)23-17/h1-9,15,17,21H,10-13H2,(H,20,22)/t15-,17+/m0/s1. The molecule has 0 saturated carbocycles. The molecule has 0 saturated heterocycles. The number of fused-ring (bicyclic) bond motifs is 1. The second-order valence-electron chi connectivity index (χ2n) is 5.85. The Labute approximate surface area is 146 Å². The van der Waals surface area contributed by atoms with Gasteiger partial charge in [-0.25, -0.2) is 0 Å². The van der Waals surface area contributed by atoms with E-state index < -0.39 is 6.10 Å². The lowest BCUT2D eigenvalue weighted by molar-refractivity contribution is -0.127. The minimum atomic E-state index is -0.485. The van der Waals surface area contributed by atoms with Gasteiger partial charge in [0, 0.05) is 29.7 Å². The number of carbonyl (C=O) groups is 1. The number of aliphatic hydroxyl groups is 1. The smallest absolute Gasteiger partial charge is 0.261 e. The first-order chi connectivity index (χ1) is 11.8. The predicted octanol–water partition coefficient (Wildman–Crippen LogP) is 2.51. The van der Waals surface area contributed by atoms with Crippen molar-refractivity contribution in [3.63, 3.8) is 0 Å². The predicted molar refractivity (Wildman–Crippen MR) is 95.3 cm³/mol. The highest BCUT2D eigenvalue weighted by atomic mass is 32.2. The quantitative estimate of drug-likeness (QED) is 0.846. The highest BCUT2D eigenvalue weighted by Gasteiger charge is 2.26. The third-order valence-electron chi connectivity index (χ3n) is 3.99. The van der Waals surface area contributed by atoms with E-state index in [1.54, 1.807) is 11.8 Å². The average Bonchev–Trinajstić information content (AvgIpc) is 2.65. The van der Waals surface area contributed by atoms with Gasteiger partial charge in [0.25, 0.3) is 5.91 Å². The molecule has 2 N–H and O–H groups in total. The summed E-state index contributed by atoms with van der Waals surface area (Å²) < 4.78 is 5.78. The molecule has 1 heterocycles. The topological polar surface area (TPSA) is 58.6 Å². The van der Waals surface area contributed by atoms with Gasteiger partial charge in [0.1, 0.15) is 5.75 Å². The fraction of sp³-hybridized carbons (Fsp3) is 0.316. The van der Waals surface area contributed by atoms with Crippen molar-refractivity contribution in [3.05, 3.63) is 60.2 Å².